The third-order valence-corrected chi connectivity index (χ3v) is 11.4. The summed E-state index contributed by atoms with van der Waals surface area (Å²) in [5.74, 6) is -0.546. The molecule has 0 radical (unpaired) electrons. The van der Waals surface area contributed by atoms with Crippen LogP contribution in [0, 0.1) is 0 Å². The summed E-state index contributed by atoms with van der Waals surface area (Å²) in [6.07, 6.45) is 61.0. The maximum Gasteiger partial charge on any atom is 0.306 e. The SMILES string of the molecule is CC/C=C/C=C/C=C/C=C\CCCCCC(CC(=O)NC(CO)C(O)CCCCCCCCCCCCCCC)OC(=O)CCCCC/C=C/C=C/CCCCCCCCC. The number of aliphatic hydroxyl groups is 2. The first-order valence-electron chi connectivity index (χ1n) is 25.7. The highest BCUT2D eigenvalue weighted by Crippen LogP contribution is 2.17. The lowest BCUT2D eigenvalue weighted by Crippen LogP contribution is -2.46. The molecule has 0 aliphatic carbocycles. The van der Waals surface area contributed by atoms with Crippen LogP contribution in [-0.4, -0.2) is 46.9 Å². The van der Waals surface area contributed by atoms with Crippen molar-refractivity contribution in [1.29, 1.82) is 0 Å². The van der Waals surface area contributed by atoms with Crippen LogP contribution in [0.4, 0.5) is 0 Å². The molecule has 0 fully saturated rings. The van der Waals surface area contributed by atoms with Crippen molar-refractivity contribution in [1.82, 2.24) is 5.32 Å². The first kappa shape index (κ1) is 58.3. The molecule has 3 atom stereocenters. The average Bonchev–Trinajstić information content (AvgIpc) is 3.25. The topological polar surface area (TPSA) is 95.9 Å². The molecule has 0 aromatic carbocycles. The van der Waals surface area contributed by atoms with Gasteiger partial charge in [-0.1, -0.05) is 229 Å². The molecule has 0 saturated heterocycles. The number of aliphatic hydroxyl groups excluding tert-OH is 2. The number of ether oxygens (including phenoxy) is 1. The normalized spacial score (nSPS) is 13.9. The van der Waals surface area contributed by atoms with Crippen molar-refractivity contribution < 1.29 is 24.5 Å². The van der Waals surface area contributed by atoms with Crippen molar-refractivity contribution in [3.63, 3.8) is 0 Å². The van der Waals surface area contributed by atoms with Crippen molar-refractivity contribution in [2.75, 3.05) is 6.61 Å². The molecule has 0 heterocycles. The van der Waals surface area contributed by atoms with E-state index in [4.69, 9.17) is 4.74 Å². The molecular formula is C55H97NO5. The molecular weight excluding hydrogens is 755 g/mol. The molecule has 6 nitrogen and oxygen atoms in total. The smallest absolute Gasteiger partial charge is 0.306 e. The fraction of sp³-hybridized carbons (Fsp3) is 0.745. The van der Waals surface area contributed by atoms with Gasteiger partial charge in [0, 0.05) is 6.42 Å². The van der Waals surface area contributed by atoms with E-state index >= 15 is 0 Å². The third-order valence-electron chi connectivity index (χ3n) is 11.4. The highest BCUT2D eigenvalue weighted by atomic mass is 16.5. The van der Waals surface area contributed by atoms with Gasteiger partial charge in [0.1, 0.15) is 6.10 Å². The van der Waals surface area contributed by atoms with Crippen LogP contribution in [0.1, 0.15) is 239 Å². The van der Waals surface area contributed by atoms with Crippen LogP contribution in [0.5, 0.6) is 0 Å². The Hall–Kier alpha value is -2.70. The Morgan fingerprint density at radius 1 is 0.492 bits per heavy atom. The van der Waals surface area contributed by atoms with Crippen LogP contribution in [0.15, 0.2) is 72.9 Å². The van der Waals surface area contributed by atoms with Gasteiger partial charge in [-0.25, -0.2) is 0 Å². The number of nitrogens with one attached hydrogen (secondary N) is 1. The molecule has 352 valence electrons. The first-order chi connectivity index (χ1) is 30.0. The molecule has 0 aliphatic heterocycles. The van der Waals surface area contributed by atoms with E-state index in [0.717, 1.165) is 83.5 Å². The highest BCUT2D eigenvalue weighted by molar-refractivity contribution is 5.77. The van der Waals surface area contributed by atoms with Crippen LogP contribution in [0.25, 0.3) is 0 Å². The fourth-order valence-electron chi connectivity index (χ4n) is 7.49. The number of carbonyl (C=O) groups excluding carboxylic acids is 2. The number of amides is 1. The van der Waals surface area contributed by atoms with E-state index in [1.165, 1.54) is 109 Å². The van der Waals surface area contributed by atoms with E-state index in [1.54, 1.807) is 0 Å². The van der Waals surface area contributed by atoms with Crippen LogP contribution >= 0.6 is 0 Å². The molecule has 3 unspecified atom stereocenters. The van der Waals surface area contributed by atoms with Gasteiger partial charge >= 0.3 is 5.97 Å². The largest absolute Gasteiger partial charge is 0.462 e. The van der Waals surface area contributed by atoms with Crippen LogP contribution in [0.2, 0.25) is 0 Å². The van der Waals surface area contributed by atoms with Crippen molar-refractivity contribution in [2.45, 2.75) is 257 Å². The number of rotatable bonds is 45. The van der Waals surface area contributed by atoms with E-state index in [9.17, 15) is 19.8 Å². The maximum absolute atomic E-state index is 13.2. The van der Waals surface area contributed by atoms with Gasteiger partial charge in [-0.3, -0.25) is 9.59 Å². The average molecular weight is 852 g/mol. The molecule has 0 rings (SSSR count). The lowest BCUT2D eigenvalue weighted by molar-refractivity contribution is -0.151. The van der Waals surface area contributed by atoms with Gasteiger partial charge in [-0.2, -0.15) is 0 Å². The predicted molar refractivity (Wildman–Crippen MR) is 264 cm³/mol. The zero-order chi connectivity index (χ0) is 44.5. The zero-order valence-corrected chi connectivity index (χ0v) is 40.0. The Bertz CT molecular complexity index is 1140. The summed E-state index contributed by atoms with van der Waals surface area (Å²) >= 11 is 0. The third kappa shape index (κ3) is 43.7. The summed E-state index contributed by atoms with van der Waals surface area (Å²) in [5.41, 5.74) is 0. The number of hydrogen-bond acceptors (Lipinski definition) is 5. The van der Waals surface area contributed by atoms with Crippen LogP contribution < -0.4 is 5.32 Å². The summed E-state index contributed by atoms with van der Waals surface area (Å²) in [7, 11) is 0. The van der Waals surface area contributed by atoms with E-state index in [-0.39, 0.29) is 24.9 Å². The molecule has 6 heteroatoms. The van der Waals surface area contributed by atoms with Gasteiger partial charge in [-0.15, -0.1) is 0 Å². The minimum Gasteiger partial charge on any atom is -0.462 e. The van der Waals surface area contributed by atoms with Gasteiger partial charge in [0.2, 0.25) is 5.91 Å². The molecule has 0 spiro atoms. The minimum absolute atomic E-state index is 0.0383. The monoisotopic (exact) mass is 852 g/mol. The van der Waals surface area contributed by atoms with E-state index in [2.05, 4.69) is 74.7 Å². The Kier molecular flexibility index (Phi) is 46.2. The summed E-state index contributed by atoms with van der Waals surface area (Å²) in [4.78, 5) is 26.1. The van der Waals surface area contributed by atoms with Gasteiger partial charge in [0.05, 0.1) is 25.2 Å². The Labute approximate surface area is 377 Å². The number of carbonyl (C=O) groups is 2. The van der Waals surface area contributed by atoms with Gasteiger partial charge in [-0.05, 0) is 70.6 Å². The number of hydrogen-bond donors (Lipinski definition) is 3. The Morgan fingerprint density at radius 3 is 1.38 bits per heavy atom. The molecule has 0 aromatic rings. The quantitative estimate of drug-likeness (QED) is 0.0322. The van der Waals surface area contributed by atoms with E-state index in [1.807, 2.05) is 24.3 Å². The second kappa shape index (κ2) is 48.3. The number of allylic oxidation sites excluding steroid dienone is 12. The second-order valence-electron chi connectivity index (χ2n) is 17.3. The number of unbranched alkanes of at least 4 members (excludes halogenated alkanes) is 25. The molecule has 0 aliphatic rings. The van der Waals surface area contributed by atoms with Crippen molar-refractivity contribution in [3.05, 3.63) is 72.9 Å². The predicted octanol–water partition coefficient (Wildman–Crippen LogP) is 15.4. The molecule has 3 N–H and O–H groups in total. The number of esters is 1. The second-order valence-corrected chi connectivity index (χ2v) is 17.3. The van der Waals surface area contributed by atoms with Crippen LogP contribution in [-0.2, 0) is 14.3 Å². The van der Waals surface area contributed by atoms with Gasteiger partial charge in [0.25, 0.3) is 0 Å². The van der Waals surface area contributed by atoms with Crippen molar-refractivity contribution in [3.8, 4) is 0 Å². The Morgan fingerprint density at radius 2 is 0.885 bits per heavy atom. The van der Waals surface area contributed by atoms with Crippen LogP contribution in [0.3, 0.4) is 0 Å². The molecule has 0 aromatic heterocycles. The maximum atomic E-state index is 13.2. The molecule has 0 saturated carbocycles. The zero-order valence-electron chi connectivity index (χ0n) is 40.0. The van der Waals surface area contributed by atoms with Crippen molar-refractivity contribution >= 4 is 11.9 Å². The minimum atomic E-state index is -0.805. The summed E-state index contributed by atoms with van der Waals surface area (Å²) < 4.78 is 5.90. The fourth-order valence-corrected chi connectivity index (χ4v) is 7.49. The standard InChI is InChI=1S/C55H97NO5/c1-4-7-10-13-16-19-22-25-26-27-30-33-36-39-42-45-48-55(60)61-51(46-43-40-37-34-31-28-23-20-17-14-11-8-5-2)49-54(59)56-52(50-57)53(58)47-44-41-38-35-32-29-24-21-18-15-12-9-6-3/h8,11,14,17,20,23,26-28,30-31,33,51-53,57-58H,4-7,9-10,12-13,15-16,18-19,21-22,24-25,29,32,34-50H2,1-3H3,(H,56,59)/b11-8+,17-14+,23-20+,27-26+,31-28-,33-30+. The Balaban J connectivity index is 4.68. The highest BCUT2D eigenvalue weighted by Gasteiger charge is 2.24. The molecule has 1 amide bonds. The van der Waals surface area contributed by atoms with Gasteiger partial charge < -0.3 is 20.3 Å². The summed E-state index contributed by atoms with van der Waals surface area (Å²) in [6, 6.07) is -0.722. The van der Waals surface area contributed by atoms with E-state index < -0.39 is 18.2 Å². The van der Waals surface area contributed by atoms with E-state index in [0.29, 0.717) is 19.3 Å². The van der Waals surface area contributed by atoms with Gasteiger partial charge in [0.15, 0.2) is 0 Å². The molecule has 0 bridgehead atoms. The summed E-state index contributed by atoms with van der Waals surface area (Å²) in [6.45, 7) is 6.32. The summed E-state index contributed by atoms with van der Waals surface area (Å²) in [5, 5.41) is 23.7. The molecule has 61 heavy (non-hydrogen) atoms. The first-order valence-corrected chi connectivity index (χ1v) is 25.7. The lowest BCUT2D eigenvalue weighted by Gasteiger charge is -2.24. The van der Waals surface area contributed by atoms with Crippen molar-refractivity contribution in [2.24, 2.45) is 0 Å². The lowest BCUT2D eigenvalue weighted by atomic mass is 10.0.